The van der Waals surface area contributed by atoms with E-state index in [1.807, 2.05) is 0 Å². The van der Waals surface area contributed by atoms with Crippen molar-refractivity contribution < 1.29 is 17.9 Å². The summed E-state index contributed by atoms with van der Waals surface area (Å²) in [5, 5.41) is 4.09. The van der Waals surface area contributed by atoms with Crippen molar-refractivity contribution in [2.75, 3.05) is 5.73 Å². The van der Waals surface area contributed by atoms with Crippen LogP contribution < -0.4 is 10.5 Å². The Kier molecular flexibility index (Phi) is 3.23. The molecule has 8 heteroatoms. The van der Waals surface area contributed by atoms with Crippen LogP contribution in [0.4, 0.5) is 19.1 Å². The maximum atomic E-state index is 12.5. The lowest BCUT2D eigenvalue weighted by Crippen LogP contribution is -2.23. The van der Waals surface area contributed by atoms with Crippen molar-refractivity contribution in [2.24, 2.45) is 0 Å². The van der Waals surface area contributed by atoms with E-state index in [1.54, 1.807) is 16.8 Å². The third kappa shape index (κ3) is 2.79. The minimum absolute atomic E-state index is 0.131. The van der Waals surface area contributed by atoms with Crippen molar-refractivity contribution in [1.82, 2.24) is 14.8 Å². The van der Waals surface area contributed by atoms with E-state index in [-0.39, 0.29) is 17.7 Å². The van der Waals surface area contributed by atoms with Gasteiger partial charge in [0.2, 0.25) is 5.95 Å². The molecule has 0 spiro atoms. The number of ether oxygens (including phenoxy) is 1. The molecule has 21 heavy (non-hydrogen) atoms. The van der Waals surface area contributed by atoms with Crippen LogP contribution in [0.25, 0.3) is 0 Å². The lowest BCUT2D eigenvalue weighted by molar-refractivity contribution is -0.275. The Balaban J connectivity index is 2.02. The van der Waals surface area contributed by atoms with E-state index in [4.69, 9.17) is 5.73 Å². The van der Waals surface area contributed by atoms with Gasteiger partial charge in [-0.05, 0) is 18.9 Å². The molecule has 1 aliphatic rings. The van der Waals surface area contributed by atoms with Crippen LogP contribution >= 0.6 is 0 Å². The van der Waals surface area contributed by atoms with E-state index >= 15 is 0 Å². The number of aryl methyl sites for hydroxylation is 1. The molecule has 112 valence electrons. The molecule has 1 unspecified atom stereocenters. The second-order valence-corrected chi connectivity index (χ2v) is 4.82. The van der Waals surface area contributed by atoms with E-state index in [0.717, 1.165) is 6.42 Å². The molecule has 5 nitrogen and oxygen atoms in total. The summed E-state index contributed by atoms with van der Waals surface area (Å²) in [5.41, 5.74) is 6.02. The fourth-order valence-corrected chi connectivity index (χ4v) is 2.63. The van der Waals surface area contributed by atoms with E-state index < -0.39 is 6.36 Å². The van der Waals surface area contributed by atoms with Gasteiger partial charge in [-0.1, -0.05) is 18.2 Å². The Labute approximate surface area is 118 Å². The Morgan fingerprint density at radius 2 is 2.05 bits per heavy atom. The quantitative estimate of drug-likeness (QED) is 0.925. The summed E-state index contributed by atoms with van der Waals surface area (Å²) < 4.78 is 43.2. The molecule has 1 aromatic heterocycles. The Morgan fingerprint density at radius 1 is 1.29 bits per heavy atom. The molecule has 2 heterocycles. The zero-order valence-electron chi connectivity index (χ0n) is 11.0. The second kappa shape index (κ2) is 4.94. The van der Waals surface area contributed by atoms with Crippen LogP contribution in [0.3, 0.4) is 0 Å². The van der Waals surface area contributed by atoms with E-state index in [2.05, 4.69) is 14.8 Å². The SMILES string of the molecule is Nc1nc2n(n1)C(c1ccccc1OC(F)(F)F)CCC2. The van der Waals surface area contributed by atoms with Crippen LogP contribution in [0, 0.1) is 0 Å². The zero-order valence-corrected chi connectivity index (χ0v) is 11.0. The zero-order chi connectivity index (χ0) is 15.0. The van der Waals surface area contributed by atoms with E-state index in [1.165, 1.54) is 12.1 Å². The molecule has 2 aromatic rings. The van der Waals surface area contributed by atoms with Crippen LogP contribution in [-0.2, 0) is 6.42 Å². The first-order chi connectivity index (χ1) is 9.94. The van der Waals surface area contributed by atoms with Crippen LogP contribution in [-0.4, -0.2) is 21.1 Å². The maximum Gasteiger partial charge on any atom is 0.573 e. The Hall–Kier alpha value is -2.25. The number of para-hydroxylation sites is 1. The number of aromatic nitrogens is 3. The van der Waals surface area contributed by atoms with Crippen LogP contribution in [0.1, 0.15) is 30.3 Å². The predicted octanol–water partition coefficient (Wildman–Crippen LogP) is 2.68. The highest BCUT2D eigenvalue weighted by molar-refractivity contribution is 5.37. The highest BCUT2D eigenvalue weighted by atomic mass is 19.4. The molecular formula is C13H13F3N4O. The number of rotatable bonds is 2. The fraction of sp³-hybridized carbons (Fsp3) is 0.385. The van der Waals surface area contributed by atoms with Gasteiger partial charge in [0.25, 0.3) is 0 Å². The standard InChI is InChI=1S/C13H13F3N4O/c14-13(15,16)21-10-6-2-1-4-8(10)9-5-3-7-11-18-12(17)19-20(9)11/h1-2,4,6,9H,3,5,7H2,(H2,17,19). The molecule has 0 aliphatic carbocycles. The monoisotopic (exact) mass is 298 g/mol. The molecule has 1 aliphatic heterocycles. The van der Waals surface area contributed by atoms with Gasteiger partial charge in [0.1, 0.15) is 11.6 Å². The van der Waals surface area contributed by atoms with Gasteiger partial charge in [-0.3, -0.25) is 0 Å². The van der Waals surface area contributed by atoms with E-state index in [9.17, 15) is 13.2 Å². The molecular weight excluding hydrogens is 285 g/mol. The number of halogens is 3. The average molecular weight is 298 g/mol. The second-order valence-electron chi connectivity index (χ2n) is 4.82. The van der Waals surface area contributed by atoms with Gasteiger partial charge in [0, 0.05) is 12.0 Å². The highest BCUT2D eigenvalue weighted by Crippen LogP contribution is 2.36. The first kappa shape index (κ1) is 13.7. The van der Waals surface area contributed by atoms with Gasteiger partial charge in [-0.25, -0.2) is 4.68 Å². The summed E-state index contributed by atoms with van der Waals surface area (Å²) in [6.45, 7) is 0. The van der Waals surface area contributed by atoms with E-state index in [0.29, 0.717) is 24.2 Å². The molecule has 0 radical (unpaired) electrons. The normalized spacial score (nSPS) is 18.3. The molecule has 2 N–H and O–H groups in total. The fourth-order valence-electron chi connectivity index (χ4n) is 2.63. The van der Waals surface area contributed by atoms with Gasteiger partial charge < -0.3 is 10.5 Å². The molecule has 1 atom stereocenters. The number of nitrogens with two attached hydrogens (primary N) is 1. The number of nitrogens with zero attached hydrogens (tertiary/aromatic N) is 3. The number of anilines is 1. The number of fused-ring (bicyclic) bond motifs is 1. The van der Waals surface area contributed by atoms with Crippen molar-refractivity contribution in [1.29, 1.82) is 0 Å². The molecule has 3 rings (SSSR count). The van der Waals surface area contributed by atoms with Crippen molar-refractivity contribution >= 4 is 5.95 Å². The van der Waals surface area contributed by atoms with Gasteiger partial charge in [0.15, 0.2) is 0 Å². The number of hydrogen-bond acceptors (Lipinski definition) is 4. The lowest BCUT2D eigenvalue weighted by atomic mass is 9.97. The average Bonchev–Trinajstić information content (AvgIpc) is 2.77. The smallest absolute Gasteiger partial charge is 0.405 e. The predicted molar refractivity (Wildman–Crippen MR) is 68.6 cm³/mol. The summed E-state index contributed by atoms with van der Waals surface area (Å²) >= 11 is 0. The maximum absolute atomic E-state index is 12.5. The topological polar surface area (TPSA) is 66.0 Å². The third-order valence-corrected chi connectivity index (χ3v) is 3.40. The summed E-state index contributed by atoms with van der Waals surface area (Å²) in [6.07, 6.45) is -2.55. The van der Waals surface area contributed by atoms with Crippen molar-refractivity contribution in [3.8, 4) is 5.75 Å². The Morgan fingerprint density at radius 3 is 2.81 bits per heavy atom. The molecule has 1 aromatic carbocycles. The third-order valence-electron chi connectivity index (χ3n) is 3.40. The van der Waals surface area contributed by atoms with Crippen LogP contribution in [0.5, 0.6) is 5.75 Å². The number of nitrogen functional groups attached to an aromatic ring is 1. The van der Waals surface area contributed by atoms with Gasteiger partial charge in [0.05, 0.1) is 6.04 Å². The summed E-state index contributed by atoms with van der Waals surface area (Å²) in [6, 6.07) is 5.74. The van der Waals surface area contributed by atoms with Crippen molar-refractivity contribution in [3.63, 3.8) is 0 Å². The van der Waals surface area contributed by atoms with Gasteiger partial charge in [-0.2, -0.15) is 4.98 Å². The molecule has 0 fully saturated rings. The van der Waals surface area contributed by atoms with Gasteiger partial charge in [-0.15, -0.1) is 18.3 Å². The number of benzene rings is 1. The minimum atomic E-state index is -4.73. The molecule has 0 saturated heterocycles. The first-order valence-corrected chi connectivity index (χ1v) is 6.49. The number of alkyl halides is 3. The Bertz CT molecular complexity index is 653. The summed E-state index contributed by atoms with van der Waals surface area (Å²) in [4.78, 5) is 4.10. The summed E-state index contributed by atoms with van der Waals surface area (Å²) in [5.74, 6) is 0.605. The first-order valence-electron chi connectivity index (χ1n) is 6.49. The molecule has 0 amide bonds. The summed E-state index contributed by atoms with van der Waals surface area (Å²) in [7, 11) is 0. The lowest BCUT2D eigenvalue weighted by Gasteiger charge is -2.25. The minimum Gasteiger partial charge on any atom is -0.405 e. The van der Waals surface area contributed by atoms with Crippen molar-refractivity contribution in [3.05, 3.63) is 35.7 Å². The van der Waals surface area contributed by atoms with Crippen LogP contribution in [0.2, 0.25) is 0 Å². The van der Waals surface area contributed by atoms with Gasteiger partial charge >= 0.3 is 6.36 Å². The number of hydrogen-bond donors (Lipinski definition) is 1. The molecule has 0 bridgehead atoms. The van der Waals surface area contributed by atoms with Crippen LogP contribution in [0.15, 0.2) is 24.3 Å². The largest absolute Gasteiger partial charge is 0.573 e. The highest BCUT2D eigenvalue weighted by Gasteiger charge is 2.34. The molecule has 0 saturated carbocycles. The van der Waals surface area contributed by atoms with Crippen molar-refractivity contribution in [2.45, 2.75) is 31.7 Å².